The zero-order valence-corrected chi connectivity index (χ0v) is 13.1. The minimum atomic E-state index is 0.00929. The van der Waals surface area contributed by atoms with Crippen LogP contribution in [0.1, 0.15) is 49.0 Å². The smallest absolute Gasteiger partial charge is 0.0643 e. The Kier molecular flexibility index (Phi) is 4.22. The van der Waals surface area contributed by atoms with E-state index in [1.807, 2.05) is 12.1 Å². The minimum absolute atomic E-state index is 0.00929. The number of benzene rings is 1. The molecule has 1 aromatic carbocycles. The predicted molar refractivity (Wildman–Crippen MR) is 84.5 cm³/mol. The molecule has 0 spiro atoms. The Labute approximate surface area is 128 Å². The molecule has 0 radical (unpaired) electrons. The summed E-state index contributed by atoms with van der Waals surface area (Å²) in [6.45, 7) is 0. The lowest BCUT2D eigenvalue weighted by Gasteiger charge is -2.11. The van der Waals surface area contributed by atoms with Gasteiger partial charge in [-0.2, -0.15) is 5.10 Å². The minimum Gasteiger partial charge on any atom is -0.324 e. The van der Waals surface area contributed by atoms with Crippen molar-refractivity contribution in [3.8, 4) is 0 Å². The van der Waals surface area contributed by atoms with Crippen molar-refractivity contribution in [1.82, 2.24) is 9.78 Å². The van der Waals surface area contributed by atoms with Gasteiger partial charge in [0.2, 0.25) is 0 Å². The van der Waals surface area contributed by atoms with E-state index in [1.54, 1.807) is 0 Å². The summed E-state index contributed by atoms with van der Waals surface area (Å²) < 4.78 is 3.22. The largest absolute Gasteiger partial charge is 0.324 e. The fourth-order valence-electron chi connectivity index (χ4n) is 2.91. The first-order valence-corrected chi connectivity index (χ1v) is 8.07. The lowest BCUT2D eigenvalue weighted by molar-refractivity contribution is 0.461. The van der Waals surface area contributed by atoms with Crippen LogP contribution in [0.5, 0.6) is 0 Å². The first-order chi connectivity index (χ1) is 9.72. The van der Waals surface area contributed by atoms with Crippen molar-refractivity contribution >= 4 is 15.9 Å². The zero-order valence-electron chi connectivity index (χ0n) is 11.5. The van der Waals surface area contributed by atoms with Crippen LogP contribution >= 0.6 is 15.9 Å². The van der Waals surface area contributed by atoms with E-state index in [4.69, 9.17) is 10.8 Å². The molecule has 1 unspecified atom stereocenters. The van der Waals surface area contributed by atoms with Gasteiger partial charge in [0.25, 0.3) is 0 Å². The maximum Gasteiger partial charge on any atom is 0.0643 e. The Morgan fingerprint density at radius 2 is 1.90 bits per heavy atom. The van der Waals surface area contributed by atoms with Gasteiger partial charge in [0.05, 0.1) is 11.7 Å². The molecule has 0 amide bonds. The molecule has 0 aliphatic heterocycles. The molecule has 1 atom stereocenters. The van der Waals surface area contributed by atoms with Gasteiger partial charge in [0.15, 0.2) is 0 Å². The summed E-state index contributed by atoms with van der Waals surface area (Å²) in [6, 6.07) is 10.9. The summed E-state index contributed by atoms with van der Waals surface area (Å²) in [7, 11) is 0. The number of hydrogen-bond donors (Lipinski definition) is 1. The molecule has 3 rings (SSSR count). The maximum absolute atomic E-state index is 6.28. The van der Waals surface area contributed by atoms with Crippen LogP contribution in [0.2, 0.25) is 0 Å². The molecule has 1 aliphatic carbocycles. The van der Waals surface area contributed by atoms with Gasteiger partial charge in [0, 0.05) is 23.1 Å². The van der Waals surface area contributed by atoms with Gasteiger partial charge in [0.1, 0.15) is 0 Å². The van der Waals surface area contributed by atoms with Crippen LogP contribution in [0.15, 0.2) is 41.0 Å². The highest BCUT2D eigenvalue weighted by Gasteiger charge is 2.18. The Hall–Kier alpha value is -1.13. The van der Waals surface area contributed by atoms with Gasteiger partial charge in [-0.05, 0) is 36.6 Å². The van der Waals surface area contributed by atoms with Crippen LogP contribution in [0.4, 0.5) is 0 Å². The first kappa shape index (κ1) is 13.8. The summed E-state index contributed by atoms with van der Waals surface area (Å²) >= 11 is 3.45. The highest BCUT2D eigenvalue weighted by molar-refractivity contribution is 9.10. The van der Waals surface area contributed by atoms with Crippen molar-refractivity contribution in [3.05, 3.63) is 52.3 Å². The standard InChI is InChI=1S/C16H20BrN3/c17-13-7-5-12(6-8-13)16(18)11-14-9-10-20(19-14)15-3-1-2-4-15/h5-10,15-16H,1-4,11,18H2. The van der Waals surface area contributed by atoms with E-state index in [1.165, 1.54) is 25.7 Å². The van der Waals surface area contributed by atoms with E-state index >= 15 is 0 Å². The summed E-state index contributed by atoms with van der Waals surface area (Å²) in [4.78, 5) is 0. The van der Waals surface area contributed by atoms with Gasteiger partial charge >= 0.3 is 0 Å². The van der Waals surface area contributed by atoms with Crippen molar-refractivity contribution in [2.45, 2.75) is 44.2 Å². The Bertz CT molecular complexity index is 555. The SMILES string of the molecule is NC(Cc1ccn(C2CCCC2)n1)c1ccc(Br)cc1. The quantitative estimate of drug-likeness (QED) is 0.918. The number of hydrogen-bond acceptors (Lipinski definition) is 2. The van der Waals surface area contributed by atoms with Crippen molar-refractivity contribution in [2.75, 3.05) is 0 Å². The normalized spacial score (nSPS) is 17.5. The Morgan fingerprint density at radius 3 is 2.60 bits per heavy atom. The van der Waals surface area contributed by atoms with Crippen molar-refractivity contribution in [1.29, 1.82) is 0 Å². The van der Waals surface area contributed by atoms with Crippen molar-refractivity contribution < 1.29 is 0 Å². The van der Waals surface area contributed by atoms with Gasteiger partial charge in [-0.15, -0.1) is 0 Å². The highest BCUT2D eigenvalue weighted by Crippen LogP contribution is 2.29. The van der Waals surface area contributed by atoms with E-state index < -0.39 is 0 Å². The number of nitrogens with two attached hydrogens (primary N) is 1. The molecule has 1 aromatic heterocycles. The highest BCUT2D eigenvalue weighted by atomic mass is 79.9. The van der Waals surface area contributed by atoms with Crippen LogP contribution in [0, 0.1) is 0 Å². The van der Waals surface area contributed by atoms with E-state index in [2.05, 4.69) is 45.0 Å². The summed E-state index contributed by atoms with van der Waals surface area (Å²) in [5, 5.41) is 4.70. The van der Waals surface area contributed by atoms with E-state index in [9.17, 15) is 0 Å². The Morgan fingerprint density at radius 1 is 1.20 bits per heavy atom. The zero-order chi connectivity index (χ0) is 13.9. The molecular weight excluding hydrogens is 314 g/mol. The van der Waals surface area contributed by atoms with Gasteiger partial charge in [-0.1, -0.05) is 40.9 Å². The maximum atomic E-state index is 6.28. The number of nitrogens with zero attached hydrogens (tertiary/aromatic N) is 2. The third kappa shape index (κ3) is 3.13. The number of rotatable bonds is 4. The molecule has 0 bridgehead atoms. The monoisotopic (exact) mass is 333 g/mol. The van der Waals surface area contributed by atoms with Crippen LogP contribution in [-0.4, -0.2) is 9.78 Å². The molecule has 1 fully saturated rings. The van der Waals surface area contributed by atoms with Crippen LogP contribution in [0.3, 0.4) is 0 Å². The molecule has 1 saturated carbocycles. The molecule has 4 heteroatoms. The van der Waals surface area contributed by atoms with E-state index in [-0.39, 0.29) is 6.04 Å². The molecular formula is C16H20BrN3. The molecule has 1 aliphatic rings. The molecule has 3 nitrogen and oxygen atoms in total. The summed E-state index contributed by atoms with van der Waals surface area (Å²) in [5.41, 5.74) is 8.52. The molecule has 2 aromatic rings. The predicted octanol–water partition coefficient (Wildman–Crippen LogP) is 4.00. The molecule has 1 heterocycles. The van der Waals surface area contributed by atoms with Crippen molar-refractivity contribution in [3.63, 3.8) is 0 Å². The van der Waals surface area contributed by atoms with Gasteiger partial charge < -0.3 is 5.73 Å². The fourth-order valence-corrected chi connectivity index (χ4v) is 3.18. The van der Waals surface area contributed by atoms with Gasteiger partial charge in [-0.25, -0.2) is 0 Å². The second-order valence-corrected chi connectivity index (χ2v) is 6.50. The lowest BCUT2D eigenvalue weighted by atomic mass is 10.0. The molecule has 0 saturated heterocycles. The second kappa shape index (κ2) is 6.10. The number of aromatic nitrogens is 2. The Balaban J connectivity index is 1.66. The van der Waals surface area contributed by atoms with Gasteiger partial charge in [-0.3, -0.25) is 4.68 Å². The summed E-state index contributed by atoms with van der Waals surface area (Å²) in [6.07, 6.45) is 8.09. The lowest BCUT2D eigenvalue weighted by Crippen LogP contribution is -2.14. The average Bonchev–Trinajstić information content (AvgIpc) is 3.09. The third-order valence-electron chi connectivity index (χ3n) is 4.09. The topological polar surface area (TPSA) is 43.8 Å². The fraction of sp³-hybridized carbons (Fsp3) is 0.438. The molecule has 2 N–H and O–H groups in total. The van der Waals surface area contributed by atoms with E-state index in [0.29, 0.717) is 6.04 Å². The molecule has 20 heavy (non-hydrogen) atoms. The summed E-state index contributed by atoms with van der Waals surface area (Å²) in [5.74, 6) is 0. The van der Waals surface area contributed by atoms with Crippen LogP contribution < -0.4 is 5.73 Å². The van der Waals surface area contributed by atoms with E-state index in [0.717, 1.165) is 22.2 Å². The average molecular weight is 334 g/mol. The molecule has 106 valence electrons. The number of halogens is 1. The third-order valence-corrected chi connectivity index (χ3v) is 4.62. The van der Waals surface area contributed by atoms with Crippen LogP contribution in [-0.2, 0) is 6.42 Å². The second-order valence-electron chi connectivity index (χ2n) is 5.59. The van der Waals surface area contributed by atoms with Crippen LogP contribution in [0.25, 0.3) is 0 Å². The first-order valence-electron chi connectivity index (χ1n) is 7.27. The van der Waals surface area contributed by atoms with Crippen molar-refractivity contribution in [2.24, 2.45) is 5.73 Å².